The van der Waals surface area contributed by atoms with Crippen molar-refractivity contribution in [2.45, 2.75) is 181 Å². The van der Waals surface area contributed by atoms with Gasteiger partial charge in [-0.05, 0) is 184 Å². The molecule has 0 spiro atoms. The summed E-state index contributed by atoms with van der Waals surface area (Å²) in [4.78, 5) is 12.9. The first-order valence-electron chi connectivity index (χ1n) is 39.8. The monoisotopic (exact) mass is 1400 g/mol. The van der Waals surface area contributed by atoms with E-state index in [-0.39, 0.29) is 71.1 Å². The zero-order chi connectivity index (χ0) is 71.4. The standard InChI is InChI=1S/C98H96B2N4OS/c1-97(2,3)70-53-47-68(48-54-70)79-40-28-41-80(69-49-55-71(56-50-69)98(4,5)6)96(79)104-87-64-92-84(100-82-43-24-27-46-90(82)105-91-61-77(62-93(106-92)95(91)100)101(72-33-16-9-17-34-72)73-35-18-10-19-36-73)63-83(87)99-81-42-23-26-45-86(81)103(74-37-20-11-21-38-74)88-59-76(60-89(104)94(88)99)102(75-57-51-66(52-58-75)65-29-12-7-13-30-65)85-44-25-22-39-78(85)67-31-14-8-15-32-67/h8-9,11-12,14-17,20-25,27-34,37-44,46-59,61-63,73,76,81,84,86-87,89,92,94H,7,10,13,18-19,26,35-36,45,60,64H2,1-6H3. The number of hydrogen-bond acceptors (Lipinski definition) is 6. The molecule has 0 aromatic heterocycles. The maximum Gasteiger partial charge on any atom is 0.228 e. The molecule has 0 amide bonds. The van der Waals surface area contributed by atoms with Crippen LogP contribution in [0.2, 0.25) is 17.5 Å². The first-order valence-corrected chi connectivity index (χ1v) is 40.7. The molecule has 8 unspecified atom stereocenters. The molecule has 0 radical (unpaired) electrons. The number of para-hydroxylation sites is 5. The zero-order valence-corrected chi connectivity index (χ0v) is 63.2. The highest BCUT2D eigenvalue weighted by Gasteiger charge is 2.63. The fraction of sp³-hybridized carbons (Fsp3) is 0.286. The number of anilines is 6. The summed E-state index contributed by atoms with van der Waals surface area (Å²) >= 11 is 2.17. The lowest BCUT2D eigenvalue weighted by atomic mass is 9.21. The highest BCUT2D eigenvalue weighted by Crippen LogP contribution is 2.63. The number of thioether (sulfide) groups is 1. The van der Waals surface area contributed by atoms with Gasteiger partial charge in [-0.1, -0.05) is 285 Å². The summed E-state index contributed by atoms with van der Waals surface area (Å²) in [5.74, 6) is 2.62. The Morgan fingerprint density at radius 3 is 1.83 bits per heavy atom. The van der Waals surface area contributed by atoms with Crippen LogP contribution in [0, 0.1) is 0 Å². The van der Waals surface area contributed by atoms with E-state index in [9.17, 15) is 0 Å². The van der Waals surface area contributed by atoms with E-state index < -0.39 is 0 Å². The molecule has 106 heavy (non-hydrogen) atoms. The second kappa shape index (κ2) is 27.3. The third-order valence-corrected chi connectivity index (χ3v) is 26.9. The minimum atomic E-state index is -0.0799. The van der Waals surface area contributed by atoms with Gasteiger partial charge >= 0.3 is 0 Å². The van der Waals surface area contributed by atoms with Gasteiger partial charge in [0.15, 0.2) is 6.71 Å². The van der Waals surface area contributed by atoms with Crippen LogP contribution in [0.25, 0.3) is 39.0 Å². The Balaban J connectivity index is 0.878. The van der Waals surface area contributed by atoms with Gasteiger partial charge in [-0.25, -0.2) is 0 Å². The third kappa shape index (κ3) is 11.9. The molecular formula is C98H96B2N4OS. The maximum absolute atomic E-state index is 7.38. The van der Waals surface area contributed by atoms with Crippen molar-refractivity contribution < 1.29 is 4.74 Å². The average molecular weight is 1400 g/mol. The minimum Gasteiger partial charge on any atom is -0.458 e. The molecule has 10 aromatic rings. The Labute approximate surface area is 634 Å². The van der Waals surface area contributed by atoms with Gasteiger partial charge in [-0.2, -0.15) is 0 Å². The van der Waals surface area contributed by atoms with Crippen LogP contribution in [0.3, 0.4) is 0 Å². The fourth-order valence-electron chi connectivity index (χ4n) is 20.6. The van der Waals surface area contributed by atoms with E-state index in [1.54, 1.807) is 5.47 Å². The van der Waals surface area contributed by atoms with Crippen molar-refractivity contribution in [3.8, 4) is 44.9 Å². The number of allylic oxidation sites excluding steroid dienone is 6. The van der Waals surface area contributed by atoms with Crippen LogP contribution in [0.4, 0.5) is 34.1 Å². The van der Waals surface area contributed by atoms with Gasteiger partial charge in [0.1, 0.15) is 11.5 Å². The van der Waals surface area contributed by atoms with Gasteiger partial charge in [0.05, 0.1) is 11.7 Å². The zero-order valence-electron chi connectivity index (χ0n) is 62.4. The molecule has 3 fully saturated rings. The molecule has 4 aliphatic heterocycles. The lowest BCUT2D eigenvalue weighted by molar-refractivity contribution is 0.397. The number of hydrogen-bond donors (Lipinski definition) is 0. The van der Waals surface area contributed by atoms with Gasteiger partial charge in [-0.3, -0.25) is 0 Å². The van der Waals surface area contributed by atoms with Crippen molar-refractivity contribution in [2.24, 2.45) is 0 Å². The summed E-state index contributed by atoms with van der Waals surface area (Å²) < 4.78 is 7.38. The van der Waals surface area contributed by atoms with E-state index in [0.29, 0.717) is 6.04 Å². The van der Waals surface area contributed by atoms with Crippen molar-refractivity contribution in [3.05, 3.63) is 313 Å². The van der Waals surface area contributed by atoms with Crippen LogP contribution >= 0.6 is 11.8 Å². The first-order chi connectivity index (χ1) is 51.9. The van der Waals surface area contributed by atoms with Gasteiger partial charge in [0.25, 0.3) is 0 Å². The van der Waals surface area contributed by atoms with Crippen LogP contribution in [0.15, 0.2) is 301 Å². The molecule has 10 aromatic carbocycles. The fourth-order valence-corrected chi connectivity index (χ4v) is 22.1. The number of rotatable bonds is 12. The molecular weight excluding hydrogens is 1300 g/mol. The molecule has 8 heteroatoms. The summed E-state index contributed by atoms with van der Waals surface area (Å²) in [5, 5.41) is 0.241. The Morgan fingerprint density at radius 1 is 0.500 bits per heavy atom. The molecule has 2 saturated heterocycles. The Bertz CT molecular complexity index is 5030. The second-order valence-electron chi connectivity index (χ2n) is 33.7. The molecule has 0 bridgehead atoms. The summed E-state index contributed by atoms with van der Waals surface area (Å²) in [6, 6.07) is 94.8. The summed E-state index contributed by atoms with van der Waals surface area (Å²) in [5.41, 5.74) is 26.2. The topological polar surface area (TPSA) is 22.2 Å². The van der Waals surface area contributed by atoms with E-state index in [4.69, 9.17) is 4.74 Å². The molecule has 5 aliphatic carbocycles. The quantitative estimate of drug-likeness (QED) is 0.0892. The van der Waals surface area contributed by atoms with Crippen molar-refractivity contribution >= 4 is 75.8 Å². The largest absolute Gasteiger partial charge is 0.458 e. The predicted octanol–water partition coefficient (Wildman–Crippen LogP) is 24.1. The van der Waals surface area contributed by atoms with Gasteiger partial charge in [-0.15, -0.1) is 11.8 Å². The van der Waals surface area contributed by atoms with Crippen molar-refractivity contribution in [2.75, 3.05) is 19.6 Å². The second-order valence-corrected chi connectivity index (χ2v) is 35.0. The highest BCUT2D eigenvalue weighted by molar-refractivity contribution is 8.00. The normalized spacial score (nSPS) is 22.8. The number of ether oxygens (including phenoxy) is 1. The summed E-state index contributed by atoms with van der Waals surface area (Å²) in [7, 11) is 0. The van der Waals surface area contributed by atoms with Crippen LogP contribution in [0.5, 0.6) is 11.5 Å². The van der Waals surface area contributed by atoms with Crippen molar-refractivity contribution in [1.82, 2.24) is 0 Å². The van der Waals surface area contributed by atoms with E-state index in [1.807, 2.05) is 0 Å². The van der Waals surface area contributed by atoms with Gasteiger partial charge in [0.2, 0.25) is 6.71 Å². The molecule has 8 atom stereocenters. The third-order valence-electron chi connectivity index (χ3n) is 25.5. The van der Waals surface area contributed by atoms with Gasteiger partial charge < -0.3 is 24.3 Å². The van der Waals surface area contributed by atoms with E-state index in [2.05, 4.69) is 358 Å². The van der Waals surface area contributed by atoms with E-state index in [1.165, 1.54) is 143 Å². The molecule has 4 heterocycles. The lowest BCUT2D eigenvalue weighted by Gasteiger charge is -2.64. The molecule has 5 nitrogen and oxygen atoms in total. The van der Waals surface area contributed by atoms with Crippen LogP contribution in [-0.2, 0) is 10.8 Å². The predicted molar refractivity (Wildman–Crippen MR) is 452 cm³/mol. The maximum atomic E-state index is 7.38. The molecule has 9 aliphatic rings. The average Bonchev–Trinajstić information content (AvgIpc) is 0.689. The van der Waals surface area contributed by atoms with Crippen LogP contribution in [-0.4, -0.2) is 48.9 Å². The Kier molecular flexibility index (Phi) is 17.3. The molecule has 1 saturated carbocycles. The summed E-state index contributed by atoms with van der Waals surface area (Å²) in [6.45, 7) is 14.4. The number of benzene rings is 10. The van der Waals surface area contributed by atoms with Gasteiger partial charge in [0, 0.05) is 97.0 Å². The molecule has 0 N–H and O–H groups in total. The first kappa shape index (κ1) is 67.0. The molecule has 19 rings (SSSR count). The van der Waals surface area contributed by atoms with Crippen molar-refractivity contribution in [1.29, 1.82) is 0 Å². The Morgan fingerprint density at radius 2 is 1.13 bits per heavy atom. The lowest BCUT2D eigenvalue weighted by Crippen LogP contribution is -2.69. The number of fused-ring (bicyclic) bond motifs is 8. The van der Waals surface area contributed by atoms with Crippen molar-refractivity contribution in [3.63, 3.8) is 0 Å². The highest BCUT2D eigenvalue weighted by atomic mass is 32.2. The summed E-state index contributed by atoms with van der Waals surface area (Å²) in [6.07, 6.45) is 30.5. The van der Waals surface area contributed by atoms with Crippen LogP contribution < -0.4 is 35.3 Å². The van der Waals surface area contributed by atoms with Crippen LogP contribution in [0.1, 0.15) is 129 Å². The Hall–Kier alpha value is -9.62. The minimum absolute atomic E-state index is 0.0108. The molecule has 526 valence electrons. The smallest absolute Gasteiger partial charge is 0.228 e. The van der Waals surface area contributed by atoms with E-state index in [0.717, 1.165) is 50.0 Å². The van der Waals surface area contributed by atoms with E-state index >= 15 is 0 Å². The SMILES string of the molecule is CC(C)(C)c1ccc(-c2cccc(-c3ccc(C(C)(C)C)cc3)c2N2C3CC4Sc5cc(N(c6ccccc6)C6CCCCC6)cc6c5B(c5ccccc5O6)C4C=C3B3C4C=CCCC4N(c4ccccc4)C4=CC(N(c5ccc(C6=CCCC=C6)cc5)c5ccccc5-c5ccccc5)CC2C34)cc1. The number of nitrogens with zero attached hydrogens (tertiary/aromatic N) is 4.